The van der Waals surface area contributed by atoms with Crippen molar-refractivity contribution in [3.63, 3.8) is 0 Å². The SMILES string of the molecule is COc1ccc2cc(COC(=O)CSc3cnc4ccccc4n3)c(Cl)nc2c1. The Morgan fingerprint density at radius 2 is 1.90 bits per heavy atom. The Hall–Kier alpha value is -2.90. The van der Waals surface area contributed by atoms with Crippen LogP contribution in [-0.4, -0.2) is 33.8 Å². The number of methoxy groups -OCH3 is 1. The van der Waals surface area contributed by atoms with Crippen molar-refractivity contribution in [3.8, 4) is 5.75 Å². The van der Waals surface area contributed by atoms with Crippen LogP contribution in [0.25, 0.3) is 21.9 Å². The molecule has 2 aromatic heterocycles. The molecule has 0 spiro atoms. The lowest BCUT2D eigenvalue weighted by atomic mass is 10.1. The van der Waals surface area contributed by atoms with Crippen molar-refractivity contribution in [1.29, 1.82) is 0 Å². The fourth-order valence-corrected chi connectivity index (χ4v) is 3.58. The topological polar surface area (TPSA) is 74.2 Å². The fraction of sp³-hybridized carbons (Fsp3) is 0.143. The summed E-state index contributed by atoms with van der Waals surface area (Å²) in [7, 11) is 1.60. The Morgan fingerprint density at radius 3 is 2.72 bits per heavy atom. The van der Waals surface area contributed by atoms with E-state index in [1.54, 1.807) is 19.4 Å². The van der Waals surface area contributed by atoms with Gasteiger partial charge in [0.15, 0.2) is 0 Å². The molecule has 4 rings (SSSR count). The van der Waals surface area contributed by atoms with Gasteiger partial charge < -0.3 is 9.47 Å². The lowest BCUT2D eigenvalue weighted by Gasteiger charge is -2.08. The molecule has 0 unspecified atom stereocenters. The zero-order chi connectivity index (χ0) is 20.2. The zero-order valence-electron chi connectivity index (χ0n) is 15.5. The van der Waals surface area contributed by atoms with Crippen LogP contribution in [-0.2, 0) is 16.1 Å². The molecule has 2 heterocycles. The predicted octanol–water partition coefficient (Wildman–Crippen LogP) is 4.68. The van der Waals surface area contributed by atoms with E-state index < -0.39 is 0 Å². The van der Waals surface area contributed by atoms with Gasteiger partial charge in [-0.3, -0.25) is 9.78 Å². The maximum absolute atomic E-state index is 12.1. The summed E-state index contributed by atoms with van der Waals surface area (Å²) in [5, 5.41) is 1.86. The third-order valence-electron chi connectivity index (χ3n) is 4.20. The van der Waals surface area contributed by atoms with Crippen molar-refractivity contribution in [2.75, 3.05) is 12.9 Å². The Kier molecular flexibility index (Phi) is 5.78. The summed E-state index contributed by atoms with van der Waals surface area (Å²) in [4.78, 5) is 25.3. The average molecular weight is 426 g/mol. The van der Waals surface area contributed by atoms with E-state index in [0.717, 1.165) is 21.9 Å². The molecular formula is C21H16ClN3O3S. The number of rotatable bonds is 6. The Balaban J connectivity index is 1.38. The normalized spacial score (nSPS) is 11.0. The highest BCUT2D eigenvalue weighted by Gasteiger charge is 2.11. The number of para-hydroxylation sites is 2. The molecular weight excluding hydrogens is 410 g/mol. The van der Waals surface area contributed by atoms with E-state index in [2.05, 4.69) is 15.0 Å². The van der Waals surface area contributed by atoms with Gasteiger partial charge in [-0.2, -0.15) is 0 Å². The van der Waals surface area contributed by atoms with Crippen LogP contribution in [0.4, 0.5) is 0 Å². The quantitative estimate of drug-likeness (QED) is 0.252. The lowest BCUT2D eigenvalue weighted by Crippen LogP contribution is -2.08. The van der Waals surface area contributed by atoms with Gasteiger partial charge in [0.05, 0.1) is 35.6 Å². The molecule has 0 radical (unpaired) electrons. The molecule has 2 aromatic carbocycles. The minimum absolute atomic E-state index is 0.0522. The van der Waals surface area contributed by atoms with E-state index in [4.69, 9.17) is 21.1 Å². The van der Waals surface area contributed by atoms with Crippen LogP contribution in [0.5, 0.6) is 5.75 Å². The van der Waals surface area contributed by atoms with E-state index in [1.165, 1.54) is 11.8 Å². The summed E-state index contributed by atoms with van der Waals surface area (Å²) in [5.74, 6) is 0.466. The molecule has 0 fully saturated rings. The first-order valence-corrected chi connectivity index (χ1v) is 10.1. The van der Waals surface area contributed by atoms with Gasteiger partial charge in [0.2, 0.25) is 0 Å². The largest absolute Gasteiger partial charge is 0.497 e. The molecule has 29 heavy (non-hydrogen) atoms. The Morgan fingerprint density at radius 1 is 1.07 bits per heavy atom. The van der Waals surface area contributed by atoms with Crippen molar-refractivity contribution in [3.05, 3.63) is 65.4 Å². The molecule has 0 aliphatic heterocycles. The second-order valence-corrected chi connectivity index (χ2v) is 7.50. The summed E-state index contributed by atoms with van der Waals surface area (Å²) in [5.41, 5.74) is 2.97. The Bertz CT molecular complexity index is 1200. The van der Waals surface area contributed by atoms with Crippen molar-refractivity contribution in [2.45, 2.75) is 11.6 Å². The fourth-order valence-electron chi connectivity index (χ4n) is 2.74. The summed E-state index contributed by atoms with van der Waals surface area (Å²) in [6.07, 6.45) is 1.65. The van der Waals surface area contributed by atoms with Crippen LogP contribution < -0.4 is 4.74 Å². The van der Waals surface area contributed by atoms with Crippen LogP contribution >= 0.6 is 23.4 Å². The molecule has 0 aliphatic carbocycles. The van der Waals surface area contributed by atoms with Crippen molar-refractivity contribution < 1.29 is 14.3 Å². The Labute approximate surface area is 176 Å². The molecule has 4 aromatic rings. The number of nitrogens with zero attached hydrogens (tertiary/aromatic N) is 3. The third-order valence-corrected chi connectivity index (χ3v) is 5.40. The van der Waals surface area contributed by atoms with Crippen molar-refractivity contribution >= 4 is 51.3 Å². The van der Waals surface area contributed by atoms with Crippen LogP contribution in [0.15, 0.2) is 59.8 Å². The molecule has 8 heteroatoms. The van der Waals surface area contributed by atoms with Gasteiger partial charge in [-0.05, 0) is 30.3 Å². The smallest absolute Gasteiger partial charge is 0.316 e. The summed E-state index contributed by atoms with van der Waals surface area (Å²) in [6.45, 7) is 0.0522. The van der Waals surface area contributed by atoms with Gasteiger partial charge in [0.25, 0.3) is 0 Å². The molecule has 146 valence electrons. The van der Waals surface area contributed by atoms with E-state index in [-0.39, 0.29) is 18.3 Å². The second kappa shape index (κ2) is 8.63. The first kappa shape index (κ1) is 19.4. The van der Waals surface area contributed by atoms with E-state index >= 15 is 0 Å². The molecule has 0 amide bonds. The first-order chi connectivity index (χ1) is 14.1. The van der Waals surface area contributed by atoms with Gasteiger partial charge in [-0.25, -0.2) is 9.97 Å². The lowest BCUT2D eigenvalue weighted by molar-refractivity contribution is -0.141. The van der Waals surface area contributed by atoms with Gasteiger partial charge >= 0.3 is 5.97 Å². The number of esters is 1. The van der Waals surface area contributed by atoms with E-state index in [9.17, 15) is 4.79 Å². The molecule has 0 atom stereocenters. The predicted molar refractivity (Wildman–Crippen MR) is 113 cm³/mol. The number of thioether (sulfide) groups is 1. The summed E-state index contributed by atoms with van der Waals surface area (Å²) in [6, 6.07) is 15.0. The van der Waals surface area contributed by atoms with Crippen LogP contribution in [0.1, 0.15) is 5.56 Å². The standard InChI is InChI=1S/C21H16ClN3O3S/c1-27-15-7-6-13-8-14(21(22)25-18(13)9-15)11-28-20(26)12-29-19-10-23-16-4-2-3-5-17(16)24-19/h2-10H,11-12H2,1H3. The molecule has 0 saturated carbocycles. The minimum atomic E-state index is -0.365. The number of fused-ring (bicyclic) bond motifs is 2. The van der Waals surface area contributed by atoms with Crippen LogP contribution in [0.2, 0.25) is 5.15 Å². The van der Waals surface area contributed by atoms with Gasteiger partial charge in [-0.1, -0.05) is 35.5 Å². The molecule has 0 saturated heterocycles. The molecule has 0 aliphatic rings. The van der Waals surface area contributed by atoms with E-state index in [1.807, 2.05) is 42.5 Å². The third kappa shape index (κ3) is 4.58. The summed E-state index contributed by atoms with van der Waals surface area (Å²) < 4.78 is 10.5. The van der Waals surface area contributed by atoms with Crippen LogP contribution in [0.3, 0.4) is 0 Å². The molecule has 6 nitrogen and oxygen atoms in total. The maximum atomic E-state index is 12.1. The molecule has 0 N–H and O–H groups in total. The maximum Gasteiger partial charge on any atom is 0.316 e. The number of hydrogen-bond donors (Lipinski definition) is 0. The number of carbonyl (C=O) groups is 1. The van der Waals surface area contributed by atoms with Crippen molar-refractivity contribution in [2.24, 2.45) is 0 Å². The number of carbonyl (C=O) groups excluding carboxylic acids is 1. The summed E-state index contributed by atoms with van der Waals surface area (Å²) >= 11 is 7.52. The van der Waals surface area contributed by atoms with Crippen LogP contribution in [0, 0.1) is 0 Å². The van der Waals surface area contributed by atoms with Crippen molar-refractivity contribution in [1.82, 2.24) is 15.0 Å². The minimum Gasteiger partial charge on any atom is -0.497 e. The highest BCUT2D eigenvalue weighted by Crippen LogP contribution is 2.25. The molecule has 0 bridgehead atoms. The van der Waals surface area contributed by atoms with Gasteiger partial charge in [0, 0.05) is 17.0 Å². The average Bonchev–Trinajstić information content (AvgIpc) is 2.75. The number of halogens is 1. The van der Waals surface area contributed by atoms with Gasteiger partial charge in [0.1, 0.15) is 22.5 Å². The van der Waals surface area contributed by atoms with E-state index in [0.29, 0.717) is 21.5 Å². The highest BCUT2D eigenvalue weighted by atomic mass is 35.5. The second-order valence-electron chi connectivity index (χ2n) is 6.14. The number of benzene rings is 2. The number of ether oxygens (including phenoxy) is 2. The highest BCUT2D eigenvalue weighted by molar-refractivity contribution is 7.99. The zero-order valence-corrected chi connectivity index (χ0v) is 17.0. The number of aromatic nitrogens is 3. The number of pyridine rings is 1. The van der Waals surface area contributed by atoms with Gasteiger partial charge in [-0.15, -0.1) is 0 Å². The number of hydrogen-bond acceptors (Lipinski definition) is 7. The first-order valence-electron chi connectivity index (χ1n) is 8.76. The monoisotopic (exact) mass is 425 g/mol.